The highest BCUT2D eigenvalue weighted by atomic mass is 16.3. The molecule has 0 aliphatic carbocycles. The smallest absolute Gasteiger partial charge is 0.276 e. The lowest BCUT2D eigenvalue weighted by Gasteiger charge is -2.00. The van der Waals surface area contributed by atoms with Crippen LogP contribution in [0.5, 0.6) is 0 Å². The Morgan fingerprint density at radius 1 is 1.19 bits per heavy atom. The summed E-state index contributed by atoms with van der Waals surface area (Å²) in [7, 11) is 0. The molecule has 3 aromatic heterocycles. The van der Waals surface area contributed by atoms with Crippen LogP contribution in [-0.2, 0) is 0 Å². The minimum absolute atomic E-state index is 0.0306. The van der Waals surface area contributed by atoms with Gasteiger partial charge in [-0.25, -0.2) is 4.52 Å². The van der Waals surface area contributed by atoms with E-state index in [-0.39, 0.29) is 17.0 Å². The van der Waals surface area contributed by atoms with Gasteiger partial charge in [-0.15, -0.1) is 5.10 Å². The molecule has 21 heavy (non-hydrogen) atoms. The van der Waals surface area contributed by atoms with E-state index in [1.807, 2.05) is 6.07 Å². The number of aromatic amines is 1. The van der Waals surface area contributed by atoms with E-state index in [0.29, 0.717) is 11.0 Å². The van der Waals surface area contributed by atoms with Crippen molar-refractivity contribution in [2.45, 2.75) is 0 Å². The standard InChI is InChI=1S/C14H8N4O3/c19-13(10-6-3-7-21-10)11-12-14(20)15-8-4-1-2-5-9(8)18(12)17-16-11/h1-7H,(H,15,20). The van der Waals surface area contributed by atoms with Gasteiger partial charge in [0.05, 0.1) is 17.3 Å². The molecular weight excluding hydrogens is 272 g/mol. The van der Waals surface area contributed by atoms with Gasteiger partial charge in [-0.2, -0.15) is 0 Å². The molecule has 0 aliphatic heterocycles. The Morgan fingerprint density at radius 2 is 2.05 bits per heavy atom. The number of furan rings is 1. The number of aromatic nitrogens is 4. The van der Waals surface area contributed by atoms with Crippen molar-refractivity contribution in [2.24, 2.45) is 0 Å². The summed E-state index contributed by atoms with van der Waals surface area (Å²) in [5, 5.41) is 7.77. The Morgan fingerprint density at radius 3 is 2.86 bits per heavy atom. The SMILES string of the molecule is O=C(c1ccco1)c1nnn2c1c(=O)[nH]c1ccccc12. The maximum Gasteiger partial charge on any atom is 0.276 e. The zero-order valence-corrected chi connectivity index (χ0v) is 10.6. The van der Waals surface area contributed by atoms with Crippen LogP contribution in [0.25, 0.3) is 16.6 Å². The Bertz CT molecular complexity index is 1030. The first kappa shape index (κ1) is 11.6. The summed E-state index contributed by atoms with van der Waals surface area (Å²) in [6, 6.07) is 10.3. The zero-order chi connectivity index (χ0) is 14.4. The fraction of sp³-hybridized carbons (Fsp3) is 0. The summed E-state index contributed by atoms with van der Waals surface area (Å²) in [6.45, 7) is 0. The summed E-state index contributed by atoms with van der Waals surface area (Å²) in [5.41, 5.74) is 0.940. The minimum Gasteiger partial charge on any atom is -0.461 e. The lowest BCUT2D eigenvalue weighted by Crippen LogP contribution is -2.14. The van der Waals surface area contributed by atoms with Crippen molar-refractivity contribution >= 4 is 22.3 Å². The van der Waals surface area contributed by atoms with Gasteiger partial charge in [-0.1, -0.05) is 17.3 Å². The first-order valence-electron chi connectivity index (χ1n) is 6.20. The van der Waals surface area contributed by atoms with E-state index in [0.717, 1.165) is 0 Å². The molecular formula is C14H8N4O3. The number of hydrogen-bond donors (Lipinski definition) is 1. The third-order valence-electron chi connectivity index (χ3n) is 3.23. The Kier molecular flexibility index (Phi) is 2.28. The largest absolute Gasteiger partial charge is 0.461 e. The van der Waals surface area contributed by atoms with Crippen LogP contribution < -0.4 is 5.56 Å². The van der Waals surface area contributed by atoms with E-state index < -0.39 is 11.3 Å². The molecule has 3 heterocycles. The summed E-state index contributed by atoms with van der Waals surface area (Å²) < 4.78 is 6.42. The quantitative estimate of drug-likeness (QED) is 0.560. The monoisotopic (exact) mass is 280 g/mol. The molecule has 102 valence electrons. The van der Waals surface area contributed by atoms with Gasteiger partial charge in [0.25, 0.3) is 11.3 Å². The first-order chi connectivity index (χ1) is 10.3. The molecule has 0 radical (unpaired) electrons. The van der Waals surface area contributed by atoms with E-state index in [9.17, 15) is 9.59 Å². The number of nitrogens with one attached hydrogen (secondary N) is 1. The fourth-order valence-corrected chi connectivity index (χ4v) is 2.28. The number of benzene rings is 1. The molecule has 1 N–H and O–H groups in total. The first-order valence-corrected chi connectivity index (χ1v) is 6.20. The predicted molar refractivity (Wildman–Crippen MR) is 73.3 cm³/mol. The predicted octanol–water partition coefficient (Wildman–Crippen LogP) is 1.39. The molecule has 0 saturated heterocycles. The Labute approximate surface area is 116 Å². The van der Waals surface area contributed by atoms with E-state index in [2.05, 4.69) is 15.3 Å². The maximum absolute atomic E-state index is 12.3. The van der Waals surface area contributed by atoms with Crippen molar-refractivity contribution in [1.29, 1.82) is 0 Å². The third kappa shape index (κ3) is 1.61. The Balaban J connectivity index is 2.07. The van der Waals surface area contributed by atoms with Crippen LogP contribution in [0.3, 0.4) is 0 Å². The van der Waals surface area contributed by atoms with Crippen molar-refractivity contribution in [3.8, 4) is 0 Å². The average molecular weight is 280 g/mol. The molecule has 0 fully saturated rings. The molecule has 0 bridgehead atoms. The number of H-pyrrole nitrogens is 1. The van der Waals surface area contributed by atoms with Gasteiger partial charge in [0, 0.05) is 0 Å². The molecule has 0 amide bonds. The second-order valence-corrected chi connectivity index (χ2v) is 4.48. The van der Waals surface area contributed by atoms with Gasteiger partial charge in [-0.3, -0.25) is 9.59 Å². The molecule has 0 saturated carbocycles. The molecule has 7 heteroatoms. The van der Waals surface area contributed by atoms with Gasteiger partial charge in [0.1, 0.15) is 0 Å². The summed E-state index contributed by atoms with van der Waals surface area (Å²) >= 11 is 0. The van der Waals surface area contributed by atoms with E-state index >= 15 is 0 Å². The highest BCUT2D eigenvalue weighted by Crippen LogP contribution is 2.15. The highest BCUT2D eigenvalue weighted by molar-refractivity contribution is 6.10. The summed E-state index contributed by atoms with van der Waals surface area (Å²) in [5.74, 6) is -0.360. The van der Waals surface area contributed by atoms with Crippen LogP contribution in [0, 0.1) is 0 Å². The average Bonchev–Trinajstić information content (AvgIpc) is 3.17. The number of ketones is 1. The van der Waals surface area contributed by atoms with Crippen molar-refractivity contribution in [2.75, 3.05) is 0 Å². The van der Waals surface area contributed by atoms with Gasteiger partial charge < -0.3 is 9.40 Å². The number of carbonyl (C=O) groups excluding carboxylic acids is 1. The summed E-state index contributed by atoms with van der Waals surface area (Å²) in [4.78, 5) is 27.2. The Hall–Kier alpha value is -3.22. The third-order valence-corrected chi connectivity index (χ3v) is 3.23. The van der Waals surface area contributed by atoms with E-state index in [1.165, 1.54) is 16.8 Å². The normalized spacial score (nSPS) is 11.2. The number of fused-ring (bicyclic) bond motifs is 3. The highest BCUT2D eigenvalue weighted by Gasteiger charge is 2.22. The minimum atomic E-state index is -0.476. The topological polar surface area (TPSA) is 93.3 Å². The summed E-state index contributed by atoms with van der Waals surface area (Å²) in [6.07, 6.45) is 1.39. The maximum atomic E-state index is 12.3. The number of rotatable bonds is 2. The van der Waals surface area contributed by atoms with Gasteiger partial charge in [0.2, 0.25) is 0 Å². The molecule has 0 aliphatic rings. The molecule has 1 aromatic carbocycles. The van der Waals surface area contributed by atoms with Crippen molar-refractivity contribution < 1.29 is 9.21 Å². The lowest BCUT2D eigenvalue weighted by molar-refractivity contribution is 0.101. The number of carbonyl (C=O) groups is 1. The number of para-hydroxylation sites is 2. The van der Waals surface area contributed by atoms with Crippen LogP contribution in [-0.4, -0.2) is 25.6 Å². The lowest BCUT2D eigenvalue weighted by atomic mass is 10.2. The molecule has 7 nitrogen and oxygen atoms in total. The zero-order valence-electron chi connectivity index (χ0n) is 10.6. The van der Waals surface area contributed by atoms with E-state index in [1.54, 1.807) is 24.3 Å². The van der Waals surface area contributed by atoms with Crippen LogP contribution in [0.15, 0.2) is 51.9 Å². The van der Waals surface area contributed by atoms with Gasteiger partial charge >= 0.3 is 0 Å². The number of nitrogens with zero attached hydrogens (tertiary/aromatic N) is 3. The van der Waals surface area contributed by atoms with Crippen molar-refractivity contribution in [3.05, 3.63) is 64.5 Å². The van der Waals surface area contributed by atoms with Crippen LogP contribution in [0.4, 0.5) is 0 Å². The van der Waals surface area contributed by atoms with Gasteiger partial charge in [0.15, 0.2) is 17.0 Å². The van der Waals surface area contributed by atoms with Crippen LogP contribution in [0.1, 0.15) is 16.2 Å². The molecule has 0 atom stereocenters. The van der Waals surface area contributed by atoms with Gasteiger partial charge in [-0.05, 0) is 24.3 Å². The molecule has 0 spiro atoms. The van der Waals surface area contributed by atoms with Crippen molar-refractivity contribution in [3.63, 3.8) is 0 Å². The molecule has 4 aromatic rings. The van der Waals surface area contributed by atoms with Crippen molar-refractivity contribution in [1.82, 2.24) is 19.8 Å². The molecule has 0 unspecified atom stereocenters. The fourth-order valence-electron chi connectivity index (χ4n) is 2.28. The number of hydrogen-bond acceptors (Lipinski definition) is 5. The van der Waals surface area contributed by atoms with Crippen LogP contribution in [0.2, 0.25) is 0 Å². The second-order valence-electron chi connectivity index (χ2n) is 4.48. The van der Waals surface area contributed by atoms with E-state index in [4.69, 9.17) is 4.42 Å². The van der Waals surface area contributed by atoms with Crippen LogP contribution >= 0.6 is 0 Å². The molecule has 4 rings (SSSR count). The second kappa shape index (κ2) is 4.14.